The number of thioether (sulfide) groups is 1. The van der Waals surface area contributed by atoms with Gasteiger partial charge in [-0.15, -0.1) is 0 Å². The molecule has 0 bridgehead atoms. The van der Waals surface area contributed by atoms with Crippen molar-refractivity contribution in [3.05, 3.63) is 65.2 Å². The maximum absolute atomic E-state index is 13.3. The van der Waals surface area contributed by atoms with Crippen LogP contribution in [0.5, 0.6) is 0 Å². The predicted octanol–water partition coefficient (Wildman–Crippen LogP) is 5.16. The number of aryl methyl sites for hydroxylation is 2. The Balaban J connectivity index is 1.44. The van der Waals surface area contributed by atoms with Gasteiger partial charge in [0.25, 0.3) is 0 Å². The molecule has 0 aliphatic rings. The average Bonchev–Trinajstić information content (AvgIpc) is 3.22. The molecule has 1 amide bonds. The number of carbonyl (C=O) groups excluding carboxylic acids is 1. The first-order valence-corrected chi connectivity index (χ1v) is 11.1. The molecule has 0 aliphatic carbocycles. The number of nitrogens with zero attached hydrogens (tertiary/aromatic N) is 3. The predicted molar refractivity (Wildman–Crippen MR) is 121 cm³/mol. The summed E-state index contributed by atoms with van der Waals surface area (Å²) in [6.07, 6.45) is 0. The second kappa shape index (κ2) is 8.45. The first-order valence-electron chi connectivity index (χ1n) is 9.27. The maximum atomic E-state index is 13.3. The molecule has 0 aliphatic heterocycles. The third-order valence-corrected chi connectivity index (χ3v) is 6.41. The highest BCUT2D eigenvalue weighted by Gasteiger charge is 2.15. The van der Waals surface area contributed by atoms with Gasteiger partial charge in [-0.05, 0) is 51.1 Å². The van der Waals surface area contributed by atoms with Gasteiger partial charge >= 0.3 is 0 Å². The Labute approximate surface area is 181 Å². The van der Waals surface area contributed by atoms with Gasteiger partial charge in [0.1, 0.15) is 5.82 Å². The van der Waals surface area contributed by atoms with Gasteiger partial charge in [0.05, 0.1) is 33.0 Å². The Hall–Kier alpha value is -2.91. The van der Waals surface area contributed by atoms with Crippen LogP contribution < -0.4 is 10.7 Å². The summed E-state index contributed by atoms with van der Waals surface area (Å²) in [4.78, 5) is 21.3. The van der Waals surface area contributed by atoms with E-state index in [0.717, 1.165) is 17.1 Å². The quantitative estimate of drug-likeness (QED) is 0.404. The van der Waals surface area contributed by atoms with Gasteiger partial charge in [-0.3, -0.25) is 10.2 Å². The van der Waals surface area contributed by atoms with E-state index in [1.807, 2.05) is 49.7 Å². The van der Waals surface area contributed by atoms with E-state index < -0.39 is 0 Å². The summed E-state index contributed by atoms with van der Waals surface area (Å²) in [7, 11) is 0. The van der Waals surface area contributed by atoms with Crippen LogP contribution in [-0.4, -0.2) is 26.3 Å². The van der Waals surface area contributed by atoms with Crippen LogP contribution in [0.3, 0.4) is 0 Å². The average molecular weight is 442 g/mol. The molecule has 30 heavy (non-hydrogen) atoms. The zero-order valence-electron chi connectivity index (χ0n) is 16.7. The van der Waals surface area contributed by atoms with E-state index >= 15 is 0 Å². The summed E-state index contributed by atoms with van der Waals surface area (Å²) in [5, 5.41) is 3.94. The summed E-state index contributed by atoms with van der Waals surface area (Å²) in [6.45, 7) is 5.96. The first kappa shape index (κ1) is 20.4. The van der Waals surface area contributed by atoms with E-state index in [-0.39, 0.29) is 17.5 Å². The zero-order valence-corrected chi connectivity index (χ0v) is 18.3. The van der Waals surface area contributed by atoms with Crippen molar-refractivity contribution in [2.75, 3.05) is 16.5 Å². The van der Waals surface area contributed by atoms with Crippen LogP contribution in [-0.2, 0) is 4.79 Å². The van der Waals surface area contributed by atoms with Crippen molar-refractivity contribution in [2.24, 2.45) is 0 Å². The van der Waals surface area contributed by atoms with Crippen LogP contribution in [0.25, 0.3) is 10.2 Å². The topological polar surface area (TPSA) is 71.8 Å². The van der Waals surface area contributed by atoms with Crippen molar-refractivity contribution >= 4 is 50.0 Å². The third kappa shape index (κ3) is 4.47. The molecule has 0 spiro atoms. The van der Waals surface area contributed by atoms with Gasteiger partial charge in [0, 0.05) is 0 Å². The van der Waals surface area contributed by atoms with E-state index in [9.17, 15) is 9.18 Å². The highest BCUT2D eigenvalue weighted by Crippen LogP contribution is 2.27. The van der Waals surface area contributed by atoms with Gasteiger partial charge in [-0.2, -0.15) is 0 Å². The number of anilines is 2. The number of aromatic nitrogens is 3. The number of hydrogen-bond donors (Lipinski definition) is 2. The number of fused-ring (bicyclic) bond motifs is 1. The summed E-state index contributed by atoms with van der Waals surface area (Å²) < 4.78 is 15.9. The largest absolute Gasteiger partial charge is 0.301 e. The third-order valence-electron chi connectivity index (χ3n) is 4.54. The van der Waals surface area contributed by atoms with Crippen molar-refractivity contribution in [3.8, 4) is 0 Å². The van der Waals surface area contributed by atoms with Crippen LogP contribution in [0.1, 0.15) is 17.0 Å². The van der Waals surface area contributed by atoms with Gasteiger partial charge < -0.3 is 5.32 Å². The monoisotopic (exact) mass is 441 g/mol. The number of thiazole rings is 1. The summed E-state index contributed by atoms with van der Waals surface area (Å²) >= 11 is 2.58. The van der Waals surface area contributed by atoms with Gasteiger partial charge in [-0.1, -0.05) is 40.8 Å². The number of halogens is 1. The summed E-state index contributed by atoms with van der Waals surface area (Å²) in [6, 6.07) is 12.4. The Bertz CT molecular complexity index is 1220. The normalized spacial score (nSPS) is 11.1. The molecule has 0 radical (unpaired) electrons. The van der Waals surface area contributed by atoms with Crippen LogP contribution in [0.2, 0.25) is 0 Å². The molecule has 4 aromatic rings. The van der Waals surface area contributed by atoms with Crippen LogP contribution in [0.4, 0.5) is 15.2 Å². The molecule has 0 unspecified atom stereocenters. The lowest BCUT2D eigenvalue weighted by Gasteiger charge is -2.13. The number of amides is 1. The number of rotatable bonds is 6. The van der Waals surface area contributed by atoms with Crippen molar-refractivity contribution in [2.45, 2.75) is 25.9 Å². The van der Waals surface area contributed by atoms with Gasteiger partial charge in [0.2, 0.25) is 5.91 Å². The Morgan fingerprint density at radius 1 is 1.13 bits per heavy atom. The summed E-state index contributed by atoms with van der Waals surface area (Å²) in [5.74, 6) is -0.339. The van der Waals surface area contributed by atoms with E-state index in [4.69, 9.17) is 0 Å². The molecule has 0 fully saturated rings. The van der Waals surface area contributed by atoms with Crippen molar-refractivity contribution in [3.63, 3.8) is 0 Å². The highest BCUT2D eigenvalue weighted by atomic mass is 32.2. The number of imidazole rings is 1. The molecular weight excluding hydrogens is 421 g/mol. The molecule has 0 saturated carbocycles. The van der Waals surface area contributed by atoms with Crippen molar-refractivity contribution in [1.82, 2.24) is 14.6 Å². The number of carbonyl (C=O) groups is 1. The second-order valence-electron chi connectivity index (χ2n) is 6.85. The molecule has 6 nitrogen and oxygen atoms in total. The highest BCUT2D eigenvalue weighted by molar-refractivity contribution is 7.99. The van der Waals surface area contributed by atoms with Crippen LogP contribution in [0.15, 0.2) is 47.6 Å². The standard InChI is InChI=1S/C21H20FN5OS2/c1-12-4-7-16(8-5-12)26-27-14(3)13(2)23-21(27)29-11-19(28)25-20-24-17-9-6-15(22)10-18(17)30-20/h4-10,26H,11H2,1-3H3,(H,24,25,28). The molecule has 0 saturated heterocycles. The fourth-order valence-electron chi connectivity index (χ4n) is 2.80. The fraction of sp³-hybridized carbons (Fsp3) is 0.190. The van der Waals surface area contributed by atoms with E-state index in [0.29, 0.717) is 20.5 Å². The van der Waals surface area contributed by atoms with Gasteiger partial charge in [-0.25, -0.2) is 19.0 Å². The molecular formula is C21H20FN5OS2. The van der Waals surface area contributed by atoms with Crippen LogP contribution in [0, 0.1) is 26.6 Å². The smallest absolute Gasteiger partial charge is 0.236 e. The minimum absolute atomic E-state index is 0.176. The second-order valence-corrected chi connectivity index (χ2v) is 8.82. The fourth-order valence-corrected chi connectivity index (χ4v) is 4.56. The van der Waals surface area contributed by atoms with Crippen LogP contribution >= 0.6 is 23.1 Å². The minimum Gasteiger partial charge on any atom is -0.301 e. The summed E-state index contributed by atoms with van der Waals surface area (Å²) in [5.41, 5.74) is 8.00. The number of benzene rings is 2. The lowest BCUT2D eigenvalue weighted by atomic mass is 10.2. The van der Waals surface area contributed by atoms with Crippen molar-refractivity contribution in [1.29, 1.82) is 0 Å². The molecule has 2 aromatic heterocycles. The SMILES string of the molecule is Cc1ccc(Nn2c(SCC(=O)Nc3nc4ccc(F)cc4s3)nc(C)c2C)cc1. The molecule has 0 atom stereocenters. The van der Waals surface area contributed by atoms with Gasteiger partial charge in [0.15, 0.2) is 10.3 Å². The Kier molecular flexibility index (Phi) is 5.74. The Morgan fingerprint density at radius 3 is 2.67 bits per heavy atom. The number of nitrogens with one attached hydrogen (secondary N) is 2. The lowest BCUT2D eigenvalue weighted by Crippen LogP contribution is -2.16. The van der Waals surface area contributed by atoms with E-state index in [1.165, 1.54) is 40.8 Å². The van der Waals surface area contributed by atoms with Crippen molar-refractivity contribution < 1.29 is 9.18 Å². The lowest BCUT2D eigenvalue weighted by molar-refractivity contribution is -0.113. The zero-order chi connectivity index (χ0) is 21.3. The number of hydrogen-bond acceptors (Lipinski definition) is 6. The van der Waals surface area contributed by atoms with E-state index in [2.05, 4.69) is 20.7 Å². The maximum Gasteiger partial charge on any atom is 0.236 e. The van der Waals surface area contributed by atoms with E-state index in [1.54, 1.807) is 6.07 Å². The molecule has 2 aromatic carbocycles. The molecule has 4 rings (SSSR count). The molecule has 9 heteroatoms. The first-order chi connectivity index (χ1) is 14.4. The molecule has 2 N–H and O–H groups in total. The Morgan fingerprint density at radius 2 is 1.90 bits per heavy atom. The molecule has 154 valence electrons. The molecule has 2 heterocycles. The minimum atomic E-state index is -0.321.